The van der Waals surface area contributed by atoms with Crippen molar-refractivity contribution in [2.24, 2.45) is 0 Å². The summed E-state index contributed by atoms with van der Waals surface area (Å²) in [7, 11) is -1.65. The number of rotatable bonds is 6. The minimum absolute atomic E-state index is 0.144. The number of ether oxygens (including phenoxy) is 1. The number of benzene rings is 1. The average Bonchev–Trinajstić information content (AvgIpc) is 2.55. The van der Waals surface area contributed by atoms with Gasteiger partial charge in [0, 0.05) is 20.1 Å². The van der Waals surface area contributed by atoms with Gasteiger partial charge >= 0.3 is 0 Å². The van der Waals surface area contributed by atoms with E-state index in [1.165, 1.54) is 10.6 Å². The molecule has 1 aliphatic rings. The average molecular weight is 354 g/mol. The number of hydrogen-bond acceptors (Lipinski definition) is 4. The Morgan fingerprint density at radius 1 is 1.29 bits per heavy atom. The summed E-state index contributed by atoms with van der Waals surface area (Å²) in [5.41, 5.74) is 0.982. The molecule has 1 fully saturated rings. The molecular formula is C17H26N2O4S. The second kappa shape index (κ2) is 7.98. The lowest BCUT2D eigenvalue weighted by molar-refractivity contribution is -0.135. The molecule has 0 saturated carbocycles. The number of nitrogens with zero attached hydrogens (tertiary/aromatic N) is 2. The zero-order valence-corrected chi connectivity index (χ0v) is 15.4. The lowest BCUT2D eigenvalue weighted by Crippen LogP contribution is -2.51. The highest BCUT2D eigenvalue weighted by Gasteiger charge is 2.35. The van der Waals surface area contributed by atoms with Gasteiger partial charge in [-0.3, -0.25) is 4.79 Å². The Balaban J connectivity index is 2.05. The van der Waals surface area contributed by atoms with E-state index in [-0.39, 0.29) is 5.91 Å². The van der Waals surface area contributed by atoms with Crippen LogP contribution in [0.5, 0.6) is 5.75 Å². The third kappa shape index (κ3) is 4.70. The standard InChI is InChI=1S/C17H26N2O4S/c1-4-23-15-10-8-14(9-11-15)13-18(2)17(20)16-7-5-6-12-19(16)24(3,21)22/h8-11,16H,4-7,12-13H2,1-3H3. The van der Waals surface area contributed by atoms with Crippen molar-refractivity contribution >= 4 is 15.9 Å². The molecule has 2 rings (SSSR count). The highest BCUT2D eigenvalue weighted by Crippen LogP contribution is 2.22. The van der Waals surface area contributed by atoms with Crippen LogP contribution in [-0.4, -0.2) is 56.0 Å². The number of likely N-dealkylation sites (N-methyl/N-ethyl adjacent to an activating group) is 1. The van der Waals surface area contributed by atoms with E-state index in [2.05, 4.69) is 0 Å². The van der Waals surface area contributed by atoms with Crippen molar-refractivity contribution < 1.29 is 17.9 Å². The predicted octanol–water partition coefficient (Wildman–Crippen LogP) is 1.86. The summed E-state index contributed by atoms with van der Waals surface area (Å²) in [6, 6.07) is 7.01. The fraction of sp³-hybridized carbons (Fsp3) is 0.588. The van der Waals surface area contributed by atoms with E-state index in [4.69, 9.17) is 4.74 Å². The number of sulfonamides is 1. The Hall–Kier alpha value is -1.60. The lowest BCUT2D eigenvalue weighted by atomic mass is 10.0. The van der Waals surface area contributed by atoms with Gasteiger partial charge in [0.15, 0.2) is 0 Å². The molecule has 1 saturated heterocycles. The van der Waals surface area contributed by atoms with Crippen molar-refractivity contribution in [2.45, 2.75) is 38.8 Å². The van der Waals surface area contributed by atoms with Gasteiger partial charge in [-0.15, -0.1) is 0 Å². The molecule has 7 heteroatoms. The maximum atomic E-state index is 12.7. The molecule has 6 nitrogen and oxygen atoms in total. The van der Waals surface area contributed by atoms with Crippen molar-refractivity contribution in [3.8, 4) is 5.75 Å². The highest BCUT2D eigenvalue weighted by molar-refractivity contribution is 7.88. The maximum Gasteiger partial charge on any atom is 0.241 e. The van der Waals surface area contributed by atoms with Crippen LogP contribution in [0.4, 0.5) is 0 Å². The third-order valence-corrected chi connectivity index (χ3v) is 5.48. The molecule has 134 valence electrons. The van der Waals surface area contributed by atoms with Crippen molar-refractivity contribution in [2.75, 3.05) is 26.5 Å². The molecule has 1 aromatic rings. The van der Waals surface area contributed by atoms with Gasteiger partial charge in [-0.25, -0.2) is 8.42 Å². The predicted molar refractivity (Wildman–Crippen MR) is 93.3 cm³/mol. The summed E-state index contributed by atoms with van der Waals surface area (Å²) in [6.45, 7) is 3.41. The first kappa shape index (κ1) is 18.7. The number of carbonyl (C=O) groups excluding carboxylic acids is 1. The molecule has 24 heavy (non-hydrogen) atoms. The monoisotopic (exact) mass is 354 g/mol. The smallest absolute Gasteiger partial charge is 0.241 e. The van der Waals surface area contributed by atoms with Crippen LogP contribution in [0.15, 0.2) is 24.3 Å². The molecule has 0 N–H and O–H groups in total. The molecule has 0 bridgehead atoms. The Morgan fingerprint density at radius 2 is 1.96 bits per heavy atom. The van der Waals surface area contributed by atoms with E-state index in [1.807, 2.05) is 31.2 Å². The van der Waals surface area contributed by atoms with Crippen LogP contribution in [0.3, 0.4) is 0 Å². The summed E-state index contributed by atoms with van der Waals surface area (Å²) < 4.78 is 30.6. The van der Waals surface area contributed by atoms with Crippen molar-refractivity contribution in [3.63, 3.8) is 0 Å². The number of hydrogen-bond donors (Lipinski definition) is 0. The summed E-state index contributed by atoms with van der Waals surface area (Å²) in [5, 5.41) is 0. The zero-order valence-electron chi connectivity index (χ0n) is 14.6. The van der Waals surface area contributed by atoms with E-state index in [9.17, 15) is 13.2 Å². The third-order valence-electron chi connectivity index (χ3n) is 4.20. The molecule has 0 aliphatic carbocycles. The molecule has 0 radical (unpaired) electrons. The fourth-order valence-electron chi connectivity index (χ4n) is 3.01. The van der Waals surface area contributed by atoms with Crippen LogP contribution in [0, 0.1) is 0 Å². The van der Waals surface area contributed by atoms with E-state index >= 15 is 0 Å². The van der Waals surface area contributed by atoms with Crippen molar-refractivity contribution in [1.82, 2.24) is 9.21 Å². The van der Waals surface area contributed by atoms with Crippen LogP contribution < -0.4 is 4.74 Å². The van der Waals surface area contributed by atoms with Gasteiger partial charge in [-0.05, 0) is 37.5 Å². The normalized spacial score (nSPS) is 19.0. The molecule has 0 aromatic heterocycles. The van der Waals surface area contributed by atoms with E-state index in [0.29, 0.717) is 26.1 Å². The second-order valence-electron chi connectivity index (χ2n) is 6.16. The lowest BCUT2D eigenvalue weighted by Gasteiger charge is -2.35. The van der Waals surface area contributed by atoms with E-state index < -0.39 is 16.1 Å². The maximum absolute atomic E-state index is 12.7. The highest BCUT2D eigenvalue weighted by atomic mass is 32.2. The first-order valence-corrected chi connectivity index (χ1v) is 10.1. The summed E-state index contributed by atoms with van der Waals surface area (Å²) in [4.78, 5) is 14.3. The minimum atomic E-state index is -3.37. The number of carbonyl (C=O) groups is 1. The van der Waals surface area contributed by atoms with Crippen LogP contribution in [0.2, 0.25) is 0 Å². The Labute approximate surface area is 144 Å². The SMILES string of the molecule is CCOc1ccc(CN(C)C(=O)C2CCCCN2S(C)(=O)=O)cc1. The molecule has 1 atom stereocenters. The van der Waals surface area contributed by atoms with Gasteiger partial charge in [0.05, 0.1) is 12.9 Å². The largest absolute Gasteiger partial charge is 0.494 e. The number of piperidine rings is 1. The quantitative estimate of drug-likeness (QED) is 0.782. The van der Waals surface area contributed by atoms with Crippen LogP contribution in [-0.2, 0) is 21.4 Å². The van der Waals surface area contributed by atoms with Gasteiger partial charge in [0.25, 0.3) is 0 Å². The molecule has 1 aromatic carbocycles. The molecular weight excluding hydrogens is 328 g/mol. The molecule has 1 heterocycles. The summed E-state index contributed by atoms with van der Waals surface area (Å²) in [5.74, 6) is 0.653. The van der Waals surface area contributed by atoms with Gasteiger partial charge in [0.2, 0.25) is 15.9 Å². The van der Waals surface area contributed by atoms with Crippen LogP contribution in [0.1, 0.15) is 31.7 Å². The topological polar surface area (TPSA) is 66.9 Å². The molecule has 1 aliphatic heterocycles. The van der Waals surface area contributed by atoms with Crippen LogP contribution in [0.25, 0.3) is 0 Å². The van der Waals surface area contributed by atoms with E-state index in [1.54, 1.807) is 11.9 Å². The molecule has 1 unspecified atom stereocenters. The van der Waals surface area contributed by atoms with Gasteiger partial charge < -0.3 is 9.64 Å². The van der Waals surface area contributed by atoms with Crippen LogP contribution >= 0.6 is 0 Å². The zero-order chi connectivity index (χ0) is 17.7. The Morgan fingerprint density at radius 3 is 2.54 bits per heavy atom. The first-order valence-electron chi connectivity index (χ1n) is 8.26. The summed E-state index contributed by atoms with van der Waals surface area (Å²) >= 11 is 0. The minimum Gasteiger partial charge on any atom is -0.494 e. The fourth-order valence-corrected chi connectivity index (χ4v) is 4.13. The number of amides is 1. The molecule has 0 spiro atoms. The van der Waals surface area contributed by atoms with Gasteiger partial charge in [-0.1, -0.05) is 18.6 Å². The van der Waals surface area contributed by atoms with Crippen molar-refractivity contribution in [1.29, 1.82) is 0 Å². The van der Waals surface area contributed by atoms with Gasteiger partial charge in [0.1, 0.15) is 11.8 Å². The van der Waals surface area contributed by atoms with Gasteiger partial charge in [-0.2, -0.15) is 4.31 Å². The first-order chi connectivity index (χ1) is 11.3. The Bertz CT molecular complexity index is 658. The Kier molecular flexibility index (Phi) is 6.23. The van der Waals surface area contributed by atoms with Crippen molar-refractivity contribution in [3.05, 3.63) is 29.8 Å². The second-order valence-corrected chi connectivity index (χ2v) is 8.09. The summed E-state index contributed by atoms with van der Waals surface area (Å²) in [6.07, 6.45) is 3.43. The van der Waals surface area contributed by atoms with E-state index in [0.717, 1.165) is 24.2 Å². The molecule has 1 amide bonds.